The summed E-state index contributed by atoms with van der Waals surface area (Å²) in [5.41, 5.74) is 1.34. The van der Waals surface area contributed by atoms with E-state index in [2.05, 4.69) is 11.8 Å². The first-order valence-corrected chi connectivity index (χ1v) is 7.33. The molecular weight excluding hydrogens is 285 g/mol. The molecule has 5 heteroatoms. The molecule has 0 amide bonds. The highest BCUT2D eigenvalue weighted by molar-refractivity contribution is 5.88. The third-order valence-corrected chi connectivity index (χ3v) is 4.37. The number of rotatable bonds is 4. The Labute approximate surface area is 128 Å². The molecule has 1 aliphatic heterocycles. The molecular formula is C17H18FNO3. The zero-order valence-electron chi connectivity index (χ0n) is 12.3. The maximum atomic E-state index is 13.0. The summed E-state index contributed by atoms with van der Waals surface area (Å²) in [7, 11) is 0. The van der Waals surface area contributed by atoms with Crippen molar-refractivity contribution < 1.29 is 18.7 Å². The van der Waals surface area contributed by atoms with Gasteiger partial charge in [0.25, 0.3) is 0 Å². The predicted octanol–water partition coefficient (Wildman–Crippen LogP) is 3.49. The van der Waals surface area contributed by atoms with E-state index in [1.54, 1.807) is 0 Å². The second-order valence-electron chi connectivity index (χ2n) is 5.83. The number of furan rings is 1. The smallest absolute Gasteiger partial charge is 0.339 e. The zero-order chi connectivity index (χ0) is 15.7. The SMILES string of the molecule is CC1CC(c2ccc(F)cc2)CN1Cc1occc1C(=O)O. The highest BCUT2D eigenvalue weighted by atomic mass is 19.1. The Hall–Kier alpha value is -2.14. The van der Waals surface area contributed by atoms with Crippen molar-refractivity contribution in [3.05, 3.63) is 59.3 Å². The van der Waals surface area contributed by atoms with Crippen LogP contribution in [0.15, 0.2) is 41.0 Å². The lowest BCUT2D eigenvalue weighted by atomic mass is 9.97. The normalized spacial score (nSPS) is 22.1. The lowest BCUT2D eigenvalue weighted by molar-refractivity contribution is 0.0692. The van der Waals surface area contributed by atoms with Gasteiger partial charge in [0.05, 0.1) is 12.8 Å². The van der Waals surface area contributed by atoms with E-state index in [1.165, 1.54) is 24.5 Å². The van der Waals surface area contributed by atoms with Crippen LogP contribution >= 0.6 is 0 Å². The molecule has 22 heavy (non-hydrogen) atoms. The summed E-state index contributed by atoms with van der Waals surface area (Å²) in [4.78, 5) is 13.3. The van der Waals surface area contributed by atoms with Gasteiger partial charge in [0.2, 0.25) is 0 Å². The van der Waals surface area contributed by atoms with E-state index in [9.17, 15) is 9.18 Å². The highest BCUT2D eigenvalue weighted by Gasteiger charge is 2.31. The molecule has 0 aliphatic carbocycles. The van der Waals surface area contributed by atoms with E-state index < -0.39 is 5.97 Å². The molecule has 1 aromatic heterocycles. The van der Waals surface area contributed by atoms with Crippen LogP contribution in [0.25, 0.3) is 0 Å². The minimum atomic E-state index is -0.967. The molecule has 1 aromatic carbocycles. The average molecular weight is 303 g/mol. The number of nitrogens with zero attached hydrogens (tertiary/aromatic N) is 1. The Morgan fingerprint density at radius 1 is 1.36 bits per heavy atom. The lowest BCUT2D eigenvalue weighted by Crippen LogP contribution is -2.27. The van der Waals surface area contributed by atoms with Crippen molar-refractivity contribution in [1.29, 1.82) is 0 Å². The van der Waals surface area contributed by atoms with Gasteiger partial charge in [-0.05, 0) is 43.0 Å². The number of carboxylic acids is 1. The number of carboxylic acid groups (broad SMARTS) is 1. The summed E-state index contributed by atoms with van der Waals surface area (Å²) in [5.74, 6) is -0.378. The first kappa shape index (κ1) is 14.8. The van der Waals surface area contributed by atoms with Crippen molar-refractivity contribution in [3.8, 4) is 0 Å². The predicted molar refractivity (Wildman–Crippen MR) is 79.3 cm³/mol. The van der Waals surface area contributed by atoms with Gasteiger partial charge < -0.3 is 9.52 Å². The summed E-state index contributed by atoms with van der Waals surface area (Å²) >= 11 is 0. The van der Waals surface area contributed by atoms with Crippen LogP contribution in [0.5, 0.6) is 0 Å². The van der Waals surface area contributed by atoms with Gasteiger partial charge in [-0.15, -0.1) is 0 Å². The Bertz CT molecular complexity index is 665. The molecule has 0 saturated carbocycles. The molecule has 2 heterocycles. The van der Waals surface area contributed by atoms with Crippen LogP contribution in [0.4, 0.5) is 4.39 Å². The van der Waals surface area contributed by atoms with E-state index in [0.717, 1.165) is 18.5 Å². The molecule has 0 spiro atoms. The minimum absolute atomic E-state index is 0.220. The maximum Gasteiger partial charge on any atom is 0.339 e. The summed E-state index contributed by atoms with van der Waals surface area (Å²) < 4.78 is 18.3. The summed E-state index contributed by atoms with van der Waals surface area (Å²) in [6.07, 6.45) is 2.38. The Morgan fingerprint density at radius 2 is 2.09 bits per heavy atom. The highest BCUT2D eigenvalue weighted by Crippen LogP contribution is 2.33. The van der Waals surface area contributed by atoms with Crippen LogP contribution in [0, 0.1) is 5.82 Å². The first-order chi connectivity index (χ1) is 10.5. The van der Waals surface area contributed by atoms with Crippen LogP contribution in [0.1, 0.15) is 40.9 Å². The molecule has 2 atom stereocenters. The second kappa shape index (κ2) is 5.93. The minimum Gasteiger partial charge on any atom is -0.478 e. The van der Waals surface area contributed by atoms with E-state index in [0.29, 0.717) is 24.3 Å². The third-order valence-electron chi connectivity index (χ3n) is 4.37. The molecule has 1 N–H and O–H groups in total. The molecule has 1 saturated heterocycles. The standard InChI is InChI=1S/C17H18FNO3/c1-11-8-13(12-2-4-14(18)5-3-12)9-19(11)10-16-15(17(20)21)6-7-22-16/h2-7,11,13H,8-10H2,1H3,(H,20,21). The van der Waals surface area contributed by atoms with Crippen LogP contribution in [0.2, 0.25) is 0 Å². The van der Waals surface area contributed by atoms with E-state index in [4.69, 9.17) is 9.52 Å². The topological polar surface area (TPSA) is 53.7 Å². The van der Waals surface area contributed by atoms with Crippen LogP contribution in [-0.4, -0.2) is 28.6 Å². The monoisotopic (exact) mass is 303 g/mol. The third kappa shape index (κ3) is 2.90. The van der Waals surface area contributed by atoms with Crippen molar-refractivity contribution >= 4 is 5.97 Å². The number of benzene rings is 1. The van der Waals surface area contributed by atoms with Crippen LogP contribution in [0.3, 0.4) is 0 Å². The van der Waals surface area contributed by atoms with Crippen molar-refractivity contribution in [3.63, 3.8) is 0 Å². The Balaban J connectivity index is 1.72. The molecule has 3 rings (SSSR count). The molecule has 1 fully saturated rings. The summed E-state index contributed by atoms with van der Waals surface area (Å²) in [6.45, 7) is 3.41. The summed E-state index contributed by atoms with van der Waals surface area (Å²) in [5, 5.41) is 9.14. The molecule has 2 unspecified atom stereocenters. The maximum absolute atomic E-state index is 13.0. The van der Waals surface area contributed by atoms with E-state index in [1.807, 2.05) is 12.1 Å². The fourth-order valence-corrected chi connectivity index (χ4v) is 3.13. The van der Waals surface area contributed by atoms with E-state index in [-0.39, 0.29) is 11.4 Å². The van der Waals surface area contributed by atoms with Gasteiger partial charge in [-0.25, -0.2) is 9.18 Å². The average Bonchev–Trinajstić information content (AvgIpc) is 3.08. The molecule has 2 aromatic rings. The van der Waals surface area contributed by atoms with E-state index >= 15 is 0 Å². The second-order valence-corrected chi connectivity index (χ2v) is 5.83. The number of hydrogen-bond acceptors (Lipinski definition) is 3. The van der Waals surface area contributed by atoms with Gasteiger partial charge >= 0.3 is 5.97 Å². The molecule has 0 bridgehead atoms. The fourth-order valence-electron chi connectivity index (χ4n) is 3.13. The van der Waals surface area contributed by atoms with Crippen LogP contribution in [-0.2, 0) is 6.54 Å². The largest absolute Gasteiger partial charge is 0.478 e. The van der Waals surface area contributed by atoms with Gasteiger partial charge in [0.1, 0.15) is 17.1 Å². The van der Waals surface area contributed by atoms with Gasteiger partial charge in [0.15, 0.2) is 0 Å². The van der Waals surface area contributed by atoms with Crippen molar-refractivity contribution in [1.82, 2.24) is 4.90 Å². The van der Waals surface area contributed by atoms with Crippen molar-refractivity contribution in [2.75, 3.05) is 6.54 Å². The molecule has 4 nitrogen and oxygen atoms in total. The Kier molecular flexibility index (Phi) is 3.98. The number of aromatic carboxylic acids is 1. The first-order valence-electron chi connectivity index (χ1n) is 7.33. The zero-order valence-corrected chi connectivity index (χ0v) is 12.3. The van der Waals surface area contributed by atoms with Crippen LogP contribution < -0.4 is 0 Å². The number of halogens is 1. The van der Waals surface area contributed by atoms with Crippen molar-refractivity contribution in [2.24, 2.45) is 0 Å². The molecule has 1 aliphatic rings. The van der Waals surface area contributed by atoms with Crippen molar-refractivity contribution in [2.45, 2.75) is 31.8 Å². The van der Waals surface area contributed by atoms with Gasteiger partial charge in [-0.3, -0.25) is 4.90 Å². The number of likely N-dealkylation sites (tertiary alicyclic amines) is 1. The van der Waals surface area contributed by atoms with Gasteiger partial charge in [-0.1, -0.05) is 12.1 Å². The number of hydrogen-bond donors (Lipinski definition) is 1. The quantitative estimate of drug-likeness (QED) is 0.939. The fraction of sp³-hybridized carbons (Fsp3) is 0.353. The summed E-state index contributed by atoms with van der Waals surface area (Å²) in [6, 6.07) is 8.42. The Morgan fingerprint density at radius 3 is 2.77 bits per heavy atom. The van der Waals surface area contributed by atoms with Gasteiger partial charge in [-0.2, -0.15) is 0 Å². The lowest BCUT2D eigenvalue weighted by Gasteiger charge is -2.19. The number of carbonyl (C=O) groups is 1. The van der Waals surface area contributed by atoms with Gasteiger partial charge in [0, 0.05) is 12.6 Å². The molecule has 0 radical (unpaired) electrons. The molecule has 116 valence electrons.